The lowest BCUT2D eigenvalue weighted by atomic mass is 9.90. The highest BCUT2D eigenvalue weighted by atomic mass is 16.1. The van der Waals surface area contributed by atoms with E-state index in [0.29, 0.717) is 24.1 Å². The van der Waals surface area contributed by atoms with Gasteiger partial charge < -0.3 is 16.5 Å². The van der Waals surface area contributed by atoms with Gasteiger partial charge in [-0.05, 0) is 18.1 Å². The molecule has 6 nitrogen and oxygen atoms in total. The SMILES string of the molecule is NC(N)=NC(=O)c1[nH]c2cccc3c2c1CCC3=O. The number of hydrogen-bond donors (Lipinski definition) is 3. The minimum absolute atomic E-state index is 0.0953. The molecule has 0 saturated heterocycles. The third-order valence-electron chi connectivity index (χ3n) is 3.27. The maximum Gasteiger partial charge on any atom is 0.296 e. The van der Waals surface area contributed by atoms with Crippen LogP contribution in [-0.2, 0) is 6.42 Å². The number of nitrogens with two attached hydrogens (primary N) is 2. The number of H-pyrrole nitrogens is 1. The first-order valence-corrected chi connectivity index (χ1v) is 5.88. The van der Waals surface area contributed by atoms with Gasteiger partial charge in [-0.25, -0.2) is 0 Å². The summed E-state index contributed by atoms with van der Waals surface area (Å²) < 4.78 is 0. The number of aromatic nitrogens is 1. The van der Waals surface area contributed by atoms with Gasteiger partial charge in [0.2, 0.25) is 0 Å². The average Bonchev–Trinajstić information content (AvgIpc) is 2.73. The Kier molecular flexibility index (Phi) is 2.38. The van der Waals surface area contributed by atoms with E-state index >= 15 is 0 Å². The molecule has 1 amide bonds. The fourth-order valence-corrected chi connectivity index (χ4v) is 2.53. The van der Waals surface area contributed by atoms with Gasteiger partial charge in [0.25, 0.3) is 5.91 Å². The Morgan fingerprint density at radius 2 is 2.05 bits per heavy atom. The minimum Gasteiger partial charge on any atom is -0.370 e. The summed E-state index contributed by atoms with van der Waals surface area (Å²) in [6, 6.07) is 5.39. The number of aromatic amines is 1. The van der Waals surface area contributed by atoms with E-state index in [1.807, 2.05) is 6.07 Å². The Hall–Kier alpha value is -2.63. The summed E-state index contributed by atoms with van der Waals surface area (Å²) in [4.78, 5) is 30.4. The molecule has 96 valence electrons. The van der Waals surface area contributed by atoms with Gasteiger partial charge in [0.05, 0.1) is 0 Å². The molecule has 0 unspecified atom stereocenters. The number of nitrogens with zero attached hydrogens (tertiary/aromatic N) is 1. The maximum absolute atomic E-state index is 12.0. The van der Waals surface area contributed by atoms with Crippen molar-refractivity contribution >= 4 is 28.6 Å². The number of rotatable bonds is 1. The fraction of sp³-hybridized carbons (Fsp3) is 0.154. The van der Waals surface area contributed by atoms with E-state index in [4.69, 9.17) is 11.5 Å². The molecule has 5 N–H and O–H groups in total. The summed E-state index contributed by atoms with van der Waals surface area (Å²) in [5.41, 5.74) is 13.0. The molecule has 0 atom stereocenters. The van der Waals surface area contributed by atoms with Crippen molar-refractivity contribution in [2.45, 2.75) is 12.8 Å². The Bertz CT molecular complexity index is 738. The van der Waals surface area contributed by atoms with Crippen LogP contribution in [0.2, 0.25) is 0 Å². The minimum atomic E-state index is -0.508. The van der Waals surface area contributed by atoms with Crippen LogP contribution < -0.4 is 11.5 Å². The molecule has 0 saturated carbocycles. The number of guanidine groups is 1. The number of ketones is 1. The first kappa shape index (κ1) is 11.5. The summed E-state index contributed by atoms with van der Waals surface area (Å²) >= 11 is 0. The van der Waals surface area contributed by atoms with Crippen LogP contribution in [0, 0.1) is 0 Å². The van der Waals surface area contributed by atoms with Gasteiger partial charge in [0.1, 0.15) is 5.69 Å². The van der Waals surface area contributed by atoms with Crippen LogP contribution in [0.25, 0.3) is 10.9 Å². The molecule has 0 spiro atoms. The molecule has 1 heterocycles. The molecular weight excluding hydrogens is 244 g/mol. The highest BCUT2D eigenvalue weighted by Gasteiger charge is 2.25. The van der Waals surface area contributed by atoms with Crippen LogP contribution in [0.15, 0.2) is 23.2 Å². The number of carbonyl (C=O) groups is 2. The van der Waals surface area contributed by atoms with Gasteiger partial charge in [-0.2, -0.15) is 4.99 Å². The molecule has 19 heavy (non-hydrogen) atoms. The summed E-state index contributed by atoms with van der Waals surface area (Å²) in [5.74, 6) is -0.688. The summed E-state index contributed by atoms with van der Waals surface area (Å²) in [5, 5.41) is 0.813. The molecule has 1 aliphatic carbocycles. The van der Waals surface area contributed by atoms with Crippen molar-refractivity contribution in [1.82, 2.24) is 4.98 Å². The first-order chi connectivity index (χ1) is 9.08. The zero-order valence-corrected chi connectivity index (χ0v) is 10.1. The van der Waals surface area contributed by atoms with Crippen LogP contribution in [0.5, 0.6) is 0 Å². The fourth-order valence-electron chi connectivity index (χ4n) is 2.53. The maximum atomic E-state index is 12.0. The lowest BCUT2D eigenvalue weighted by Crippen LogP contribution is -2.24. The average molecular weight is 256 g/mol. The number of aryl methyl sites for hydroxylation is 1. The monoisotopic (exact) mass is 256 g/mol. The molecule has 0 fully saturated rings. The van der Waals surface area contributed by atoms with Crippen LogP contribution >= 0.6 is 0 Å². The molecule has 0 radical (unpaired) electrons. The zero-order valence-electron chi connectivity index (χ0n) is 10.1. The van der Waals surface area contributed by atoms with Crippen molar-refractivity contribution in [3.63, 3.8) is 0 Å². The van der Waals surface area contributed by atoms with Crippen LogP contribution in [0.4, 0.5) is 0 Å². The van der Waals surface area contributed by atoms with Crippen molar-refractivity contribution in [3.8, 4) is 0 Å². The summed E-state index contributed by atoms with van der Waals surface area (Å²) in [7, 11) is 0. The van der Waals surface area contributed by atoms with Crippen molar-refractivity contribution in [1.29, 1.82) is 0 Å². The third-order valence-corrected chi connectivity index (χ3v) is 3.27. The number of benzene rings is 1. The van der Waals surface area contributed by atoms with Crippen molar-refractivity contribution < 1.29 is 9.59 Å². The Balaban J connectivity index is 2.27. The first-order valence-electron chi connectivity index (χ1n) is 5.88. The van der Waals surface area contributed by atoms with Gasteiger partial charge in [-0.1, -0.05) is 12.1 Å². The smallest absolute Gasteiger partial charge is 0.296 e. The van der Waals surface area contributed by atoms with E-state index in [1.54, 1.807) is 12.1 Å². The lowest BCUT2D eigenvalue weighted by Gasteiger charge is -2.11. The number of amides is 1. The normalized spacial score (nSPS) is 13.6. The van der Waals surface area contributed by atoms with E-state index in [0.717, 1.165) is 16.5 Å². The van der Waals surface area contributed by atoms with Gasteiger partial charge in [0.15, 0.2) is 11.7 Å². The Labute approximate surface area is 108 Å². The van der Waals surface area contributed by atoms with E-state index in [2.05, 4.69) is 9.98 Å². The van der Waals surface area contributed by atoms with E-state index in [1.165, 1.54) is 0 Å². The van der Waals surface area contributed by atoms with Crippen molar-refractivity contribution in [2.24, 2.45) is 16.5 Å². The topological polar surface area (TPSA) is 114 Å². The van der Waals surface area contributed by atoms with Gasteiger partial charge in [0, 0.05) is 22.9 Å². The molecule has 2 aromatic rings. The molecular formula is C13H12N4O2. The predicted molar refractivity (Wildman–Crippen MR) is 71.1 cm³/mol. The third kappa shape index (κ3) is 1.69. The largest absolute Gasteiger partial charge is 0.370 e. The molecule has 3 rings (SSSR count). The van der Waals surface area contributed by atoms with Gasteiger partial charge in [-0.15, -0.1) is 0 Å². The van der Waals surface area contributed by atoms with Crippen molar-refractivity contribution in [2.75, 3.05) is 0 Å². The van der Waals surface area contributed by atoms with Crippen LogP contribution in [-0.4, -0.2) is 22.6 Å². The van der Waals surface area contributed by atoms with Crippen molar-refractivity contribution in [3.05, 3.63) is 35.0 Å². The van der Waals surface area contributed by atoms with Gasteiger partial charge in [-0.3, -0.25) is 9.59 Å². The van der Waals surface area contributed by atoms with Crippen LogP contribution in [0.1, 0.15) is 32.8 Å². The highest BCUT2D eigenvalue weighted by molar-refractivity contribution is 6.14. The lowest BCUT2D eigenvalue weighted by molar-refractivity contribution is 0.0972. The number of aliphatic imine (C=N–C) groups is 1. The summed E-state index contributed by atoms with van der Waals surface area (Å²) in [6.07, 6.45) is 0.920. The van der Waals surface area contributed by atoms with Gasteiger partial charge >= 0.3 is 0 Å². The van der Waals surface area contributed by atoms with E-state index in [-0.39, 0.29) is 11.7 Å². The molecule has 1 aromatic carbocycles. The second-order valence-electron chi connectivity index (χ2n) is 4.47. The quantitative estimate of drug-likeness (QED) is 0.515. The molecule has 0 bridgehead atoms. The Morgan fingerprint density at radius 1 is 1.26 bits per heavy atom. The highest BCUT2D eigenvalue weighted by Crippen LogP contribution is 2.32. The number of carbonyl (C=O) groups excluding carboxylic acids is 2. The number of Topliss-reactive ketones (excluding diaryl/α,β-unsaturated/α-hetero) is 1. The predicted octanol–water partition coefficient (Wildman–Crippen LogP) is 0.710. The van der Waals surface area contributed by atoms with E-state index < -0.39 is 5.91 Å². The number of nitrogens with one attached hydrogen (secondary N) is 1. The molecule has 0 aliphatic heterocycles. The Morgan fingerprint density at radius 3 is 2.79 bits per heavy atom. The molecule has 1 aliphatic rings. The number of hydrogen-bond acceptors (Lipinski definition) is 2. The second kappa shape index (κ2) is 3.94. The second-order valence-corrected chi connectivity index (χ2v) is 4.47. The summed E-state index contributed by atoms with van der Waals surface area (Å²) in [6.45, 7) is 0. The molecule has 1 aromatic heterocycles. The molecule has 6 heteroatoms. The zero-order chi connectivity index (χ0) is 13.6. The van der Waals surface area contributed by atoms with E-state index in [9.17, 15) is 9.59 Å². The standard InChI is InChI=1S/C13H12N4O2/c14-13(15)17-12(19)11-7-4-5-9(18)6-2-1-3-8(16-11)10(6)7/h1-3,16H,4-5H2,(H4,14,15,17,19). The van der Waals surface area contributed by atoms with Crippen LogP contribution in [0.3, 0.4) is 0 Å².